The molecule has 0 fully saturated rings. The van der Waals surface area contributed by atoms with Gasteiger partial charge in [-0.15, -0.1) is 13.2 Å². The number of ether oxygens (including phenoxy) is 1. The highest BCUT2D eigenvalue weighted by atomic mass is 31.2. The third-order valence-corrected chi connectivity index (χ3v) is 38.9. The lowest BCUT2D eigenvalue weighted by molar-refractivity contribution is -0.274. The Balaban J connectivity index is 1.90. The number of alkyl halides is 3. The van der Waals surface area contributed by atoms with E-state index >= 15 is 0 Å². The predicted octanol–water partition coefficient (Wildman–Crippen LogP) is 19.7. The predicted molar refractivity (Wildman–Crippen MR) is 347 cm³/mol. The highest BCUT2D eigenvalue weighted by Crippen LogP contribution is 2.58. The van der Waals surface area contributed by atoms with Crippen molar-refractivity contribution >= 4 is 82.8 Å². The second kappa shape index (κ2) is 33.7. The van der Waals surface area contributed by atoms with E-state index in [0.29, 0.717) is 5.30 Å². The molecule has 0 radical (unpaired) electrons. The van der Waals surface area contributed by atoms with Crippen LogP contribution >= 0.6 is 16.1 Å². The van der Waals surface area contributed by atoms with Crippen LogP contribution in [0.2, 0.25) is 54.4 Å². The number of benzene rings is 5. The Morgan fingerprint density at radius 2 is 0.623 bits per heavy atom. The van der Waals surface area contributed by atoms with Crippen LogP contribution in [0.25, 0.3) is 0 Å². The largest absolute Gasteiger partial charge is 0.573 e. The van der Waals surface area contributed by atoms with Gasteiger partial charge in [-0.2, -0.15) is 0 Å². The van der Waals surface area contributed by atoms with Crippen molar-refractivity contribution < 1.29 is 17.9 Å². The van der Waals surface area contributed by atoms with Crippen molar-refractivity contribution in [3.8, 4) is 5.75 Å². The Morgan fingerprint density at radius 3 is 0.909 bits per heavy atom. The number of hydrogen-bond acceptors (Lipinski definition) is 2. The molecular weight excluding hydrogens is 1040 g/mol. The SMILES string of the molecule is CCCC[Si](CCCC)(CCCC)c1ccc(P(c2ccc([Si](CCCC)(CCCC)CCCC)cc2)N(c2ccccc2)P(c2ccc([Si](CCCC)(CCCC)CCCC)cc2)c2ccccc2OC(F)(F)F)cc1. The van der Waals surface area contributed by atoms with Crippen LogP contribution in [0.5, 0.6) is 5.75 Å². The lowest BCUT2D eigenvalue weighted by Gasteiger charge is -2.42. The summed E-state index contributed by atoms with van der Waals surface area (Å²) in [5.41, 5.74) is 1.01. The molecule has 0 aliphatic carbocycles. The van der Waals surface area contributed by atoms with Gasteiger partial charge in [-0.3, -0.25) is 0 Å². The van der Waals surface area contributed by atoms with Gasteiger partial charge in [0.15, 0.2) is 0 Å². The smallest absolute Gasteiger partial charge is 0.405 e. The third-order valence-electron chi connectivity index (χ3n) is 16.9. The molecular formula is C67H102F3NOP2Si3. The Kier molecular flexibility index (Phi) is 28.4. The van der Waals surface area contributed by atoms with Gasteiger partial charge in [-0.1, -0.05) is 351 Å². The van der Waals surface area contributed by atoms with E-state index in [4.69, 9.17) is 4.74 Å². The highest BCUT2D eigenvalue weighted by Gasteiger charge is 2.41. The highest BCUT2D eigenvalue weighted by molar-refractivity contribution is 7.91. The van der Waals surface area contributed by atoms with E-state index in [9.17, 15) is 13.2 Å². The van der Waals surface area contributed by atoms with Crippen LogP contribution in [0.1, 0.15) is 178 Å². The number of hydrogen-bond donors (Lipinski definition) is 0. The fourth-order valence-corrected chi connectivity index (χ4v) is 35.1. The number of unbranched alkanes of at least 4 members (excludes halogenated alkanes) is 9. The van der Waals surface area contributed by atoms with Crippen molar-refractivity contribution in [2.45, 2.75) is 239 Å². The van der Waals surface area contributed by atoms with Gasteiger partial charge in [0.2, 0.25) is 0 Å². The monoisotopic (exact) mass is 1140 g/mol. The van der Waals surface area contributed by atoms with Crippen molar-refractivity contribution in [1.29, 1.82) is 0 Å². The summed E-state index contributed by atoms with van der Waals surface area (Å²) in [6.07, 6.45) is 17.3. The molecule has 5 aromatic rings. The van der Waals surface area contributed by atoms with Crippen LogP contribution in [-0.4, -0.2) is 30.6 Å². The van der Waals surface area contributed by atoms with Crippen molar-refractivity contribution in [3.63, 3.8) is 0 Å². The molecule has 5 rings (SSSR count). The lowest BCUT2D eigenvalue weighted by Crippen LogP contribution is -2.48. The molecule has 0 heterocycles. The summed E-state index contributed by atoms with van der Waals surface area (Å²) in [4.78, 5) is 0. The third kappa shape index (κ3) is 18.3. The van der Waals surface area contributed by atoms with Gasteiger partial charge in [0.05, 0.1) is 40.4 Å². The first kappa shape index (κ1) is 64.8. The Morgan fingerprint density at radius 1 is 0.351 bits per heavy atom. The van der Waals surface area contributed by atoms with E-state index in [0.717, 1.165) is 11.0 Å². The van der Waals surface area contributed by atoms with Crippen molar-refractivity contribution in [3.05, 3.63) is 127 Å². The van der Waals surface area contributed by atoms with Crippen molar-refractivity contribution in [2.75, 3.05) is 4.44 Å². The van der Waals surface area contributed by atoms with Crippen LogP contribution in [0.4, 0.5) is 18.9 Å². The average molecular weight is 1140 g/mol. The first-order chi connectivity index (χ1) is 37.4. The molecule has 0 aliphatic heterocycles. The number of anilines is 1. The Hall–Kier alpha value is -3.00. The molecule has 0 aliphatic rings. The van der Waals surface area contributed by atoms with E-state index in [2.05, 4.69) is 170 Å². The zero-order valence-electron chi connectivity index (χ0n) is 49.6. The molecule has 0 spiro atoms. The summed E-state index contributed by atoms with van der Waals surface area (Å²) in [5.74, 6) is -0.119. The molecule has 10 heteroatoms. The fraction of sp³-hybridized carbons (Fsp3) is 0.552. The molecule has 1 unspecified atom stereocenters. The van der Waals surface area contributed by atoms with Gasteiger partial charge in [0.25, 0.3) is 0 Å². The van der Waals surface area contributed by atoms with Gasteiger partial charge in [0, 0.05) is 26.9 Å². The summed E-state index contributed by atoms with van der Waals surface area (Å²) in [5, 5.41) is 8.77. The number of halogens is 3. The van der Waals surface area contributed by atoms with E-state index in [-0.39, 0.29) is 5.75 Å². The van der Waals surface area contributed by atoms with Crippen molar-refractivity contribution in [1.82, 2.24) is 0 Å². The molecule has 0 saturated heterocycles. The van der Waals surface area contributed by atoms with Crippen molar-refractivity contribution in [2.24, 2.45) is 0 Å². The number of para-hydroxylation sites is 2. The number of nitrogens with zero attached hydrogens (tertiary/aromatic N) is 1. The van der Waals surface area contributed by atoms with E-state index in [1.807, 2.05) is 12.1 Å². The minimum atomic E-state index is -4.86. The zero-order valence-corrected chi connectivity index (χ0v) is 54.4. The zero-order chi connectivity index (χ0) is 55.6. The Labute approximate surface area is 474 Å². The second-order valence-electron chi connectivity index (χ2n) is 22.7. The van der Waals surface area contributed by atoms with Gasteiger partial charge in [0.1, 0.15) is 5.75 Å². The summed E-state index contributed by atoms with van der Waals surface area (Å²) in [6, 6.07) is 59.0. The Bertz CT molecular complexity index is 2230. The second-order valence-corrected chi connectivity index (χ2v) is 41.0. The minimum absolute atomic E-state index is 0.119. The van der Waals surface area contributed by atoms with Gasteiger partial charge in [-0.25, -0.2) is 0 Å². The fourth-order valence-electron chi connectivity index (χ4n) is 12.4. The van der Waals surface area contributed by atoms with Gasteiger partial charge < -0.3 is 9.18 Å². The summed E-state index contributed by atoms with van der Waals surface area (Å²) in [6.45, 7) is 21.0. The molecule has 0 amide bonds. The number of rotatable bonds is 38. The van der Waals surface area contributed by atoms with Crippen LogP contribution in [0, 0.1) is 0 Å². The molecule has 1 atom stereocenters. The molecule has 424 valence electrons. The van der Waals surface area contributed by atoms with Gasteiger partial charge >= 0.3 is 6.36 Å². The molecule has 2 nitrogen and oxygen atoms in total. The maximum atomic E-state index is 14.8. The molecule has 0 aromatic heterocycles. The molecule has 0 bridgehead atoms. The summed E-state index contributed by atoms with van der Waals surface area (Å²) >= 11 is 0. The quantitative estimate of drug-likeness (QED) is 0.0288. The maximum absolute atomic E-state index is 14.8. The molecule has 0 N–H and O–H groups in total. The van der Waals surface area contributed by atoms with E-state index in [1.165, 1.54) is 186 Å². The molecule has 77 heavy (non-hydrogen) atoms. The standard InChI is InChI=1S/C67H102F3NOP2Si3/c1-10-19-49-75(50-20-11-2,51-21-12-3)62-43-37-59(38-44-62)73(60-39-45-63(46-40-60)76(52-22-13-4,53-23-14-5)54-24-15-6)71(58-33-29-28-30-34-58)74(66-36-32-31-35-65(66)72-67(68,69)70)61-41-47-64(48-42-61)77(55-25-16-7,56-26-17-8)57-27-18-9/h28-48H,10-27,49-57H2,1-9H3. The van der Waals surface area contributed by atoms with Crippen LogP contribution in [0.15, 0.2) is 127 Å². The topological polar surface area (TPSA) is 12.5 Å². The normalized spacial score (nSPS) is 12.8. The first-order valence-electron chi connectivity index (χ1n) is 31.0. The van der Waals surface area contributed by atoms with Crippen LogP contribution in [-0.2, 0) is 0 Å². The first-order valence-corrected chi connectivity index (χ1v) is 41.4. The van der Waals surface area contributed by atoms with E-state index < -0.39 is 46.7 Å². The van der Waals surface area contributed by atoms with E-state index in [1.54, 1.807) is 22.5 Å². The molecule has 5 aromatic carbocycles. The summed E-state index contributed by atoms with van der Waals surface area (Å²) in [7, 11) is -8.63. The van der Waals surface area contributed by atoms with Gasteiger partial charge in [-0.05, 0) is 24.3 Å². The summed E-state index contributed by atoms with van der Waals surface area (Å²) < 4.78 is 52.2. The maximum Gasteiger partial charge on any atom is 0.573 e. The van der Waals surface area contributed by atoms with Crippen LogP contribution in [0.3, 0.4) is 0 Å². The lowest BCUT2D eigenvalue weighted by atomic mass is 10.3. The average Bonchev–Trinajstić information content (AvgIpc) is 3.46. The van der Waals surface area contributed by atoms with Crippen LogP contribution < -0.4 is 46.0 Å². The molecule has 0 saturated carbocycles. The minimum Gasteiger partial charge on any atom is -0.405 e.